The molecule has 3 rings (SSSR count). The summed E-state index contributed by atoms with van der Waals surface area (Å²) in [5.74, 6) is -0.0984. The molecule has 0 aliphatic carbocycles. The Balaban J connectivity index is 2.31. The predicted molar refractivity (Wildman–Crippen MR) is 63.9 cm³/mol. The fraction of sp³-hybridized carbons (Fsp3) is 0. The van der Waals surface area contributed by atoms with Crippen molar-refractivity contribution >= 4 is 22.7 Å². The topological polar surface area (TPSA) is 59.2 Å². The third kappa shape index (κ3) is 1.62. The Morgan fingerprint density at radius 3 is 2.94 bits per heavy atom. The Hall–Kier alpha value is -2.07. The van der Waals surface area contributed by atoms with E-state index in [2.05, 4.69) is 9.97 Å². The maximum absolute atomic E-state index is 9.73. The van der Waals surface area contributed by atoms with Crippen LogP contribution in [0.25, 0.3) is 22.2 Å². The molecule has 5 heteroatoms. The summed E-state index contributed by atoms with van der Waals surface area (Å²) in [6.07, 6.45) is 2.79. The number of hydrogen-bond donors (Lipinski definition) is 1. The molecule has 0 saturated heterocycles. The van der Waals surface area contributed by atoms with Gasteiger partial charge in [-0.15, -0.1) is 0 Å². The van der Waals surface area contributed by atoms with Crippen molar-refractivity contribution in [2.45, 2.75) is 0 Å². The number of nitrogens with zero attached hydrogens (tertiary/aromatic N) is 2. The van der Waals surface area contributed by atoms with Crippen molar-refractivity contribution in [3.05, 3.63) is 41.9 Å². The minimum absolute atomic E-state index is 0.0984. The third-order valence-electron chi connectivity index (χ3n) is 2.49. The summed E-state index contributed by atoms with van der Waals surface area (Å²) < 4.78 is 5.27. The molecule has 0 saturated carbocycles. The Bertz CT molecular complexity index is 694. The highest BCUT2D eigenvalue weighted by Gasteiger charge is 2.13. The highest BCUT2D eigenvalue weighted by molar-refractivity contribution is 6.30. The maximum atomic E-state index is 9.73. The lowest BCUT2D eigenvalue weighted by atomic mass is 10.1. The molecule has 1 aromatic carbocycles. The van der Waals surface area contributed by atoms with E-state index in [1.165, 1.54) is 12.6 Å². The van der Waals surface area contributed by atoms with Gasteiger partial charge in [0.1, 0.15) is 18.0 Å². The highest BCUT2D eigenvalue weighted by atomic mass is 35.5. The van der Waals surface area contributed by atoms with Crippen LogP contribution < -0.4 is 0 Å². The van der Waals surface area contributed by atoms with Gasteiger partial charge in [-0.1, -0.05) is 23.7 Å². The quantitative estimate of drug-likeness (QED) is 0.716. The van der Waals surface area contributed by atoms with Crippen LogP contribution in [0.1, 0.15) is 0 Å². The molecule has 0 aliphatic rings. The Labute approximate surface area is 102 Å². The lowest BCUT2D eigenvalue weighted by molar-refractivity contribution is 0.458. The van der Waals surface area contributed by atoms with Gasteiger partial charge in [-0.25, -0.2) is 9.97 Å². The van der Waals surface area contributed by atoms with E-state index in [9.17, 15) is 5.11 Å². The van der Waals surface area contributed by atoms with Gasteiger partial charge in [0.05, 0.1) is 0 Å². The molecule has 0 fully saturated rings. The van der Waals surface area contributed by atoms with Gasteiger partial charge in [-0.05, 0) is 17.7 Å². The Morgan fingerprint density at radius 2 is 2.12 bits per heavy atom. The average Bonchev–Trinajstić information content (AvgIpc) is 2.74. The maximum Gasteiger partial charge on any atom is 0.233 e. The smallest absolute Gasteiger partial charge is 0.233 e. The Morgan fingerprint density at radius 1 is 1.24 bits per heavy atom. The molecule has 0 radical (unpaired) electrons. The molecule has 84 valence electrons. The number of aromatic nitrogens is 2. The number of fused-ring (bicyclic) bond motifs is 1. The number of benzene rings is 1. The predicted octanol–water partition coefficient (Wildman–Crippen LogP) is 3.25. The molecular weight excluding hydrogens is 240 g/mol. The molecule has 2 heterocycles. The van der Waals surface area contributed by atoms with Gasteiger partial charge in [0, 0.05) is 10.6 Å². The number of furan rings is 1. The SMILES string of the molecule is Oc1ncnc2occ(-c3cccc(Cl)c3)c12. The van der Waals surface area contributed by atoms with Crippen LogP contribution in [0.3, 0.4) is 0 Å². The molecule has 0 amide bonds. The summed E-state index contributed by atoms with van der Waals surface area (Å²) in [6.45, 7) is 0. The normalized spacial score (nSPS) is 10.9. The van der Waals surface area contributed by atoms with Gasteiger partial charge < -0.3 is 9.52 Å². The molecule has 17 heavy (non-hydrogen) atoms. The Kier molecular flexibility index (Phi) is 2.23. The number of hydrogen-bond acceptors (Lipinski definition) is 4. The zero-order chi connectivity index (χ0) is 11.8. The number of aromatic hydroxyl groups is 1. The molecule has 0 unspecified atom stereocenters. The summed E-state index contributed by atoms with van der Waals surface area (Å²) in [7, 11) is 0. The summed E-state index contributed by atoms with van der Waals surface area (Å²) in [5, 5.41) is 10.8. The zero-order valence-electron chi connectivity index (χ0n) is 8.59. The fourth-order valence-electron chi connectivity index (χ4n) is 1.73. The van der Waals surface area contributed by atoms with E-state index in [1.807, 2.05) is 12.1 Å². The number of rotatable bonds is 1. The molecule has 3 aromatic rings. The molecule has 0 atom stereocenters. The molecule has 0 bridgehead atoms. The van der Waals surface area contributed by atoms with E-state index in [4.69, 9.17) is 16.0 Å². The van der Waals surface area contributed by atoms with Crippen molar-refractivity contribution in [2.24, 2.45) is 0 Å². The second-order valence-corrected chi connectivity index (χ2v) is 3.97. The van der Waals surface area contributed by atoms with Gasteiger partial charge in [0.25, 0.3) is 0 Å². The van der Waals surface area contributed by atoms with Crippen LogP contribution in [-0.4, -0.2) is 15.1 Å². The van der Waals surface area contributed by atoms with E-state index in [1.54, 1.807) is 12.1 Å². The van der Waals surface area contributed by atoms with E-state index in [0.29, 0.717) is 16.1 Å². The van der Waals surface area contributed by atoms with Crippen LogP contribution in [-0.2, 0) is 0 Å². The zero-order valence-corrected chi connectivity index (χ0v) is 9.35. The molecule has 1 N–H and O–H groups in total. The standard InChI is InChI=1S/C12H7ClN2O2/c13-8-3-1-2-7(4-8)9-5-17-12-10(9)11(16)14-6-15-12/h1-6H,(H,14,15,16). The van der Waals surface area contributed by atoms with Gasteiger partial charge in [-0.2, -0.15) is 0 Å². The van der Waals surface area contributed by atoms with Crippen molar-refractivity contribution < 1.29 is 9.52 Å². The average molecular weight is 247 g/mol. The first-order valence-electron chi connectivity index (χ1n) is 4.93. The minimum atomic E-state index is -0.0984. The van der Waals surface area contributed by atoms with Crippen LogP contribution in [0.4, 0.5) is 0 Å². The van der Waals surface area contributed by atoms with Crippen molar-refractivity contribution in [1.29, 1.82) is 0 Å². The first-order valence-corrected chi connectivity index (χ1v) is 5.30. The molecule has 0 spiro atoms. The summed E-state index contributed by atoms with van der Waals surface area (Å²) >= 11 is 5.93. The summed E-state index contributed by atoms with van der Waals surface area (Å²) in [6, 6.07) is 7.28. The van der Waals surface area contributed by atoms with E-state index < -0.39 is 0 Å². The van der Waals surface area contributed by atoms with Crippen molar-refractivity contribution in [2.75, 3.05) is 0 Å². The van der Waals surface area contributed by atoms with Crippen LogP contribution in [0.5, 0.6) is 5.88 Å². The van der Waals surface area contributed by atoms with Gasteiger partial charge in [0.15, 0.2) is 0 Å². The van der Waals surface area contributed by atoms with Crippen LogP contribution in [0.2, 0.25) is 5.02 Å². The molecule has 0 aliphatic heterocycles. The summed E-state index contributed by atoms with van der Waals surface area (Å²) in [5.41, 5.74) is 1.93. The van der Waals surface area contributed by atoms with Gasteiger partial charge >= 0.3 is 0 Å². The molecule has 4 nitrogen and oxygen atoms in total. The fourth-order valence-corrected chi connectivity index (χ4v) is 1.92. The third-order valence-corrected chi connectivity index (χ3v) is 2.72. The van der Waals surface area contributed by atoms with Crippen LogP contribution in [0, 0.1) is 0 Å². The molecular formula is C12H7ClN2O2. The lowest BCUT2D eigenvalue weighted by Crippen LogP contribution is -1.81. The first-order chi connectivity index (χ1) is 8.25. The first kappa shape index (κ1) is 10.1. The van der Waals surface area contributed by atoms with Gasteiger partial charge in [0.2, 0.25) is 11.6 Å². The van der Waals surface area contributed by atoms with Crippen molar-refractivity contribution in [3.63, 3.8) is 0 Å². The second kappa shape index (κ2) is 3.75. The van der Waals surface area contributed by atoms with E-state index >= 15 is 0 Å². The summed E-state index contributed by atoms with van der Waals surface area (Å²) in [4.78, 5) is 7.68. The van der Waals surface area contributed by atoms with E-state index in [-0.39, 0.29) is 5.88 Å². The number of halogens is 1. The highest BCUT2D eigenvalue weighted by Crippen LogP contribution is 2.34. The lowest BCUT2D eigenvalue weighted by Gasteiger charge is -1.99. The van der Waals surface area contributed by atoms with Crippen molar-refractivity contribution in [3.8, 4) is 17.0 Å². The molecule has 2 aromatic heterocycles. The van der Waals surface area contributed by atoms with Gasteiger partial charge in [-0.3, -0.25) is 0 Å². The monoisotopic (exact) mass is 246 g/mol. The van der Waals surface area contributed by atoms with Crippen LogP contribution in [0.15, 0.2) is 41.3 Å². The van der Waals surface area contributed by atoms with E-state index in [0.717, 1.165) is 11.1 Å². The largest absolute Gasteiger partial charge is 0.493 e. The van der Waals surface area contributed by atoms with Crippen LogP contribution >= 0.6 is 11.6 Å². The minimum Gasteiger partial charge on any atom is -0.493 e. The van der Waals surface area contributed by atoms with Crippen molar-refractivity contribution in [1.82, 2.24) is 9.97 Å². The second-order valence-electron chi connectivity index (χ2n) is 3.54.